The number of amides is 1. The van der Waals surface area contributed by atoms with Crippen molar-refractivity contribution in [3.05, 3.63) is 18.5 Å². The van der Waals surface area contributed by atoms with Crippen LogP contribution in [0.4, 0.5) is 0 Å². The maximum atomic E-state index is 12.4. The minimum Gasteiger partial charge on any atom is -0.479 e. The van der Waals surface area contributed by atoms with Crippen molar-refractivity contribution in [2.24, 2.45) is 5.10 Å². The molecule has 8 nitrogen and oxygen atoms in total. The maximum Gasteiger partial charge on any atom is 0.331 e. The van der Waals surface area contributed by atoms with Crippen LogP contribution in [0.25, 0.3) is 0 Å². The molecule has 1 N–H and O–H groups in total. The van der Waals surface area contributed by atoms with Gasteiger partial charge in [-0.05, 0) is 13.0 Å². The second-order valence-electron chi connectivity index (χ2n) is 6.14. The van der Waals surface area contributed by atoms with Crippen LogP contribution in [0.15, 0.2) is 23.6 Å². The summed E-state index contributed by atoms with van der Waals surface area (Å²) < 4.78 is 1.51. The zero-order valence-electron chi connectivity index (χ0n) is 13.2. The number of nitrogens with zero attached hydrogens (tertiary/aromatic N) is 5. The molecule has 2 aliphatic rings. The molecule has 0 radical (unpaired) electrons. The van der Waals surface area contributed by atoms with Gasteiger partial charge in [0.15, 0.2) is 5.54 Å². The van der Waals surface area contributed by atoms with E-state index in [1.165, 1.54) is 4.68 Å². The lowest BCUT2D eigenvalue weighted by Crippen LogP contribution is -2.53. The minimum atomic E-state index is -1.05. The summed E-state index contributed by atoms with van der Waals surface area (Å²) in [5.74, 6) is -0.893. The van der Waals surface area contributed by atoms with Gasteiger partial charge >= 0.3 is 5.97 Å². The van der Waals surface area contributed by atoms with Crippen molar-refractivity contribution >= 4 is 17.6 Å². The number of carboxylic acid groups (broad SMARTS) is 1. The first kappa shape index (κ1) is 15.5. The van der Waals surface area contributed by atoms with E-state index in [9.17, 15) is 14.7 Å². The van der Waals surface area contributed by atoms with E-state index in [-0.39, 0.29) is 12.5 Å². The highest BCUT2D eigenvalue weighted by atomic mass is 16.4. The zero-order chi connectivity index (χ0) is 16.4. The molecule has 0 unspecified atom stereocenters. The monoisotopic (exact) mass is 319 g/mol. The maximum absolute atomic E-state index is 12.4. The van der Waals surface area contributed by atoms with Gasteiger partial charge in [0.25, 0.3) is 0 Å². The van der Waals surface area contributed by atoms with Crippen molar-refractivity contribution in [3.8, 4) is 0 Å². The molecule has 1 aromatic rings. The smallest absolute Gasteiger partial charge is 0.331 e. The highest BCUT2D eigenvalue weighted by Gasteiger charge is 2.44. The van der Waals surface area contributed by atoms with Gasteiger partial charge in [0.2, 0.25) is 5.91 Å². The number of hydrogen-bond acceptors (Lipinski definition) is 5. The molecular weight excluding hydrogens is 298 g/mol. The average Bonchev–Trinajstić information content (AvgIpc) is 3.19. The highest BCUT2D eigenvalue weighted by molar-refractivity contribution is 5.84. The quantitative estimate of drug-likeness (QED) is 0.865. The predicted molar refractivity (Wildman–Crippen MR) is 82.9 cm³/mol. The Morgan fingerprint density at radius 2 is 2.04 bits per heavy atom. The third-order valence-corrected chi connectivity index (χ3v) is 4.65. The molecule has 1 saturated heterocycles. The van der Waals surface area contributed by atoms with Crippen molar-refractivity contribution in [3.63, 3.8) is 0 Å². The van der Waals surface area contributed by atoms with Gasteiger partial charge in [-0.3, -0.25) is 14.5 Å². The number of aliphatic carboxylic acids is 1. The number of likely N-dealkylation sites (tertiary alicyclic amines) is 1. The molecule has 124 valence electrons. The van der Waals surface area contributed by atoms with Gasteiger partial charge in [-0.15, -0.1) is 0 Å². The average molecular weight is 319 g/mol. The van der Waals surface area contributed by atoms with Crippen molar-refractivity contribution in [2.75, 3.05) is 26.2 Å². The summed E-state index contributed by atoms with van der Waals surface area (Å²) in [5, 5.41) is 19.9. The Labute approximate surface area is 134 Å². The summed E-state index contributed by atoms with van der Waals surface area (Å²) in [6.45, 7) is 3.83. The lowest BCUT2D eigenvalue weighted by atomic mass is 9.87. The molecule has 1 aromatic heterocycles. The van der Waals surface area contributed by atoms with Gasteiger partial charge in [-0.2, -0.15) is 10.2 Å². The molecule has 2 aliphatic heterocycles. The van der Waals surface area contributed by atoms with Gasteiger partial charge in [-0.25, -0.2) is 4.79 Å². The molecule has 0 aliphatic carbocycles. The van der Waals surface area contributed by atoms with Gasteiger partial charge in [0.05, 0.1) is 0 Å². The number of hydrazone groups is 1. The van der Waals surface area contributed by atoms with Crippen LogP contribution >= 0.6 is 0 Å². The molecule has 1 fully saturated rings. The number of piperidine rings is 1. The second kappa shape index (κ2) is 6.02. The number of carbonyl (C=O) groups excluding carboxylic acids is 1. The van der Waals surface area contributed by atoms with Crippen LogP contribution in [0.5, 0.6) is 0 Å². The molecule has 0 bridgehead atoms. The van der Waals surface area contributed by atoms with E-state index in [4.69, 9.17) is 0 Å². The van der Waals surface area contributed by atoms with E-state index in [1.807, 2.05) is 6.92 Å². The van der Waals surface area contributed by atoms with Crippen molar-refractivity contribution in [1.29, 1.82) is 0 Å². The number of rotatable bonds is 4. The van der Waals surface area contributed by atoms with Crippen molar-refractivity contribution < 1.29 is 14.7 Å². The van der Waals surface area contributed by atoms with Crippen molar-refractivity contribution in [2.45, 2.75) is 31.7 Å². The molecule has 23 heavy (non-hydrogen) atoms. The number of hydrogen-bond donors (Lipinski definition) is 1. The summed E-state index contributed by atoms with van der Waals surface area (Å²) in [5.41, 5.74) is -0.0112. The van der Waals surface area contributed by atoms with Crippen LogP contribution < -0.4 is 0 Å². The lowest BCUT2D eigenvalue weighted by molar-refractivity contribution is -0.153. The standard InChI is InChI=1S/C15H21N5O3/c1-12-3-8-19(17-12)11-13(21)18-9-4-15(5-10-18,14(22)23)20-7-2-6-16-20/h2,6-7H,3-5,8-11H2,1H3,(H,22,23). The number of carbonyl (C=O) groups is 2. The van der Waals surface area contributed by atoms with Gasteiger partial charge < -0.3 is 10.0 Å². The number of carboxylic acids is 1. The van der Waals surface area contributed by atoms with Gasteiger partial charge in [0.1, 0.15) is 6.54 Å². The first-order valence-corrected chi connectivity index (χ1v) is 7.81. The molecule has 0 atom stereocenters. The largest absolute Gasteiger partial charge is 0.479 e. The third kappa shape index (κ3) is 2.93. The predicted octanol–water partition coefficient (Wildman–Crippen LogP) is 0.367. The Kier molecular flexibility index (Phi) is 4.06. The van der Waals surface area contributed by atoms with Crippen LogP contribution in [-0.4, -0.2) is 68.6 Å². The van der Waals surface area contributed by atoms with E-state index in [0.29, 0.717) is 25.9 Å². The summed E-state index contributed by atoms with van der Waals surface area (Å²) in [4.78, 5) is 25.9. The van der Waals surface area contributed by atoms with Crippen LogP contribution in [0.1, 0.15) is 26.2 Å². The Morgan fingerprint density at radius 1 is 1.30 bits per heavy atom. The molecule has 0 spiro atoms. The molecule has 0 saturated carbocycles. The Morgan fingerprint density at radius 3 is 2.57 bits per heavy atom. The normalized spacial score (nSPS) is 20.5. The molecule has 3 rings (SSSR count). The Bertz CT molecular complexity index is 617. The fourth-order valence-electron chi connectivity index (χ4n) is 3.19. The molecular formula is C15H21N5O3. The highest BCUT2D eigenvalue weighted by Crippen LogP contribution is 2.30. The molecule has 0 aromatic carbocycles. The SMILES string of the molecule is CC1=NN(CC(=O)N2CCC(C(=O)O)(n3cccn3)CC2)CC1. The summed E-state index contributed by atoms with van der Waals surface area (Å²) in [6.07, 6.45) is 4.87. The third-order valence-electron chi connectivity index (χ3n) is 4.65. The molecule has 8 heteroatoms. The van der Waals surface area contributed by atoms with E-state index in [1.54, 1.807) is 28.4 Å². The van der Waals surface area contributed by atoms with Crippen LogP contribution in [0, 0.1) is 0 Å². The van der Waals surface area contributed by atoms with E-state index in [2.05, 4.69) is 10.2 Å². The second-order valence-corrected chi connectivity index (χ2v) is 6.14. The van der Waals surface area contributed by atoms with Crippen LogP contribution in [0.2, 0.25) is 0 Å². The first-order valence-electron chi connectivity index (χ1n) is 7.81. The van der Waals surface area contributed by atoms with Crippen LogP contribution in [0.3, 0.4) is 0 Å². The molecule has 1 amide bonds. The minimum absolute atomic E-state index is 0.00269. The first-order chi connectivity index (χ1) is 11.0. The fourth-order valence-corrected chi connectivity index (χ4v) is 3.19. The van der Waals surface area contributed by atoms with Crippen LogP contribution in [-0.2, 0) is 15.1 Å². The van der Waals surface area contributed by atoms with Gasteiger partial charge in [-0.1, -0.05) is 0 Å². The lowest BCUT2D eigenvalue weighted by Gasteiger charge is -2.39. The topological polar surface area (TPSA) is 91.0 Å². The van der Waals surface area contributed by atoms with Gasteiger partial charge in [0, 0.05) is 57.0 Å². The molecule has 3 heterocycles. The summed E-state index contributed by atoms with van der Waals surface area (Å²) >= 11 is 0. The fraction of sp³-hybridized carbons (Fsp3) is 0.600. The number of aromatic nitrogens is 2. The van der Waals surface area contributed by atoms with E-state index >= 15 is 0 Å². The van der Waals surface area contributed by atoms with Crippen molar-refractivity contribution in [1.82, 2.24) is 19.7 Å². The Balaban J connectivity index is 1.63. The Hall–Kier alpha value is -2.38. The zero-order valence-corrected chi connectivity index (χ0v) is 13.2. The van der Waals surface area contributed by atoms with E-state index < -0.39 is 11.5 Å². The summed E-state index contributed by atoms with van der Waals surface area (Å²) in [7, 11) is 0. The van der Waals surface area contributed by atoms with E-state index in [0.717, 1.165) is 18.7 Å². The summed E-state index contributed by atoms with van der Waals surface area (Å²) in [6, 6.07) is 1.72.